The van der Waals surface area contributed by atoms with Crippen LogP contribution in [0.1, 0.15) is 0 Å². The molecule has 0 aliphatic heterocycles. The van der Waals surface area contributed by atoms with Crippen LogP contribution < -0.4 is 22.4 Å². The summed E-state index contributed by atoms with van der Waals surface area (Å²) in [5.74, 6) is -0.0765. The molecule has 0 fully saturated rings. The Hall–Kier alpha value is -2.02. The van der Waals surface area contributed by atoms with Crippen LogP contribution in [0.5, 0.6) is 0 Å². The zero-order chi connectivity index (χ0) is 12.9. The monoisotopic (exact) mass is 256 g/mol. The molecule has 0 amide bonds. The minimum absolute atomic E-state index is 0.0602. The molecule has 2 rings (SSSR count). The van der Waals surface area contributed by atoms with Crippen molar-refractivity contribution in [3.8, 4) is 0 Å². The van der Waals surface area contributed by atoms with E-state index in [9.17, 15) is 14.4 Å². The number of rotatable bonds is 0. The molecular formula is C9H9ClN4O3. The second-order valence-electron chi connectivity index (χ2n) is 3.61. The normalized spacial score (nSPS) is 11.0. The zero-order valence-electron chi connectivity index (χ0n) is 9.07. The standard InChI is InChI=1S/C9H9ClN4O3/c1-13-7-3(8(16)14(2)9(13)17)5(15)4(10)6(11)12-7/h1-2H3,(H3,11,12,15). The predicted molar refractivity (Wildman–Crippen MR) is 64.5 cm³/mol. The van der Waals surface area contributed by atoms with Crippen molar-refractivity contribution >= 4 is 28.5 Å². The lowest BCUT2D eigenvalue weighted by molar-refractivity contribution is 0.707. The number of halogens is 1. The number of nitrogens with zero attached hydrogens (tertiary/aromatic N) is 2. The third kappa shape index (κ3) is 1.39. The first-order valence-electron chi connectivity index (χ1n) is 4.63. The third-order valence-electron chi connectivity index (χ3n) is 2.58. The van der Waals surface area contributed by atoms with E-state index in [-0.39, 0.29) is 21.9 Å². The summed E-state index contributed by atoms with van der Waals surface area (Å²) in [4.78, 5) is 37.9. The van der Waals surface area contributed by atoms with Gasteiger partial charge in [0.15, 0.2) is 0 Å². The minimum atomic E-state index is -0.703. The number of nitrogen functional groups attached to an aromatic ring is 1. The van der Waals surface area contributed by atoms with Gasteiger partial charge in [0.1, 0.15) is 21.9 Å². The molecule has 0 radical (unpaired) electrons. The number of anilines is 1. The average molecular weight is 257 g/mol. The van der Waals surface area contributed by atoms with E-state index in [0.29, 0.717) is 0 Å². The maximum absolute atomic E-state index is 11.8. The van der Waals surface area contributed by atoms with Gasteiger partial charge in [0.2, 0.25) is 5.43 Å². The molecule has 2 aromatic rings. The third-order valence-corrected chi connectivity index (χ3v) is 2.96. The van der Waals surface area contributed by atoms with Crippen molar-refractivity contribution in [1.29, 1.82) is 0 Å². The van der Waals surface area contributed by atoms with Gasteiger partial charge in [0.05, 0.1) is 0 Å². The van der Waals surface area contributed by atoms with E-state index in [1.54, 1.807) is 0 Å². The second-order valence-corrected chi connectivity index (χ2v) is 3.99. The van der Waals surface area contributed by atoms with Gasteiger partial charge in [-0.1, -0.05) is 11.6 Å². The van der Waals surface area contributed by atoms with Gasteiger partial charge in [0.25, 0.3) is 5.56 Å². The quantitative estimate of drug-likeness (QED) is 0.641. The molecule has 0 aliphatic rings. The maximum atomic E-state index is 11.8. The molecule has 3 N–H and O–H groups in total. The van der Waals surface area contributed by atoms with Crippen LogP contribution >= 0.6 is 11.6 Å². The van der Waals surface area contributed by atoms with E-state index < -0.39 is 16.7 Å². The molecule has 0 saturated heterocycles. The Bertz CT molecular complexity index is 799. The van der Waals surface area contributed by atoms with Crippen LogP contribution in [0.25, 0.3) is 11.0 Å². The lowest BCUT2D eigenvalue weighted by Crippen LogP contribution is -2.39. The van der Waals surface area contributed by atoms with Crippen LogP contribution in [0.4, 0.5) is 5.82 Å². The fraction of sp³-hybridized carbons (Fsp3) is 0.222. The van der Waals surface area contributed by atoms with Gasteiger partial charge in [-0.3, -0.25) is 18.7 Å². The van der Waals surface area contributed by atoms with Crippen LogP contribution in [0.3, 0.4) is 0 Å². The highest BCUT2D eigenvalue weighted by molar-refractivity contribution is 6.33. The smallest absolute Gasteiger partial charge is 0.332 e. The van der Waals surface area contributed by atoms with Crippen LogP contribution in [0.15, 0.2) is 14.4 Å². The first kappa shape index (κ1) is 11.5. The number of hydrogen-bond acceptors (Lipinski definition) is 4. The fourth-order valence-corrected chi connectivity index (χ4v) is 1.75. The number of pyridine rings is 1. The Morgan fingerprint density at radius 1 is 1.18 bits per heavy atom. The number of aromatic amines is 1. The van der Waals surface area contributed by atoms with E-state index >= 15 is 0 Å². The van der Waals surface area contributed by atoms with E-state index in [1.165, 1.54) is 14.1 Å². The first-order chi connectivity index (χ1) is 7.86. The molecule has 0 saturated carbocycles. The van der Waals surface area contributed by atoms with Gasteiger partial charge in [0, 0.05) is 14.1 Å². The molecule has 7 nitrogen and oxygen atoms in total. The van der Waals surface area contributed by atoms with Gasteiger partial charge in [-0.15, -0.1) is 0 Å². The Labute approximate surface area is 99.0 Å². The zero-order valence-corrected chi connectivity index (χ0v) is 9.83. The van der Waals surface area contributed by atoms with E-state index in [1.807, 2.05) is 0 Å². The van der Waals surface area contributed by atoms with E-state index in [4.69, 9.17) is 17.3 Å². The lowest BCUT2D eigenvalue weighted by Gasteiger charge is -2.08. The van der Waals surface area contributed by atoms with E-state index in [2.05, 4.69) is 4.98 Å². The average Bonchev–Trinajstić information content (AvgIpc) is 2.30. The fourth-order valence-electron chi connectivity index (χ4n) is 1.61. The van der Waals surface area contributed by atoms with Crippen molar-refractivity contribution in [1.82, 2.24) is 14.1 Å². The Balaban J connectivity index is 3.31. The predicted octanol–water partition coefficient (Wildman–Crippen LogP) is -0.839. The highest BCUT2D eigenvalue weighted by atomic mass is 35.5. The van der Waals surface area contributed by atoms with Crippen LogP contribution in [-0.2, 0) is 14.1 Å². The minimum Gasteiger partial charge on any atom is -0.384 e. The lowest BCUT2D eigenvalue weighted by atomic mass is 10.3. The molecule has 0 bridgehead atoms. The van der Waals surface area contributed by atoms with Crippen molar-refractivity contribution in [2.45, 2.75) is 0 Å². The van der Waals surface area contributed by atoms with Crippen LogP contribution in [0, 0.1) is 0 Å². The Morgan fingerprint density at radius 3 is 2.35 bits per heavy atom. The van der Waals surface area contributed by atoms with Crippen LogP contribution in [-0.4, -0.2) is 14.1 Å². The molecule has 17 heavy (non-hydrogen) atoms. The van der Waals surface area contributed by atoms with Gasteiger partial charge in [-0.05, 0) is 0 Å². The number of aromatic nitrogens is 3. The molecule has 2 aromatic heterocycles. The summed E-state index contributed by atoms with van der Waals surface area (Å²) in [6.07, 6.45) is 0. The van der Waals surface area contributed by atoms with Crippen molar-refractivity contribution in [3.05, 3.63) is 36.1 Å². The number of hydrogen-bond donors (Lipinski definition) is 2. The highest BCUT2D eigenvalue weighted by Crippen LogP contribution is 2.13. The molecule has 8 heteroatoms. The summed E-state index contributed by atoms with van der Waals surface area (Å²) in [6, 6.07) is 0. The number of nitrogens with two attached hydrogens (primary N) is 1. The largest absolute Gasteiger partial charge is 0.384 e. The van der Waals surface area contributed by atoms with E-state index in [0.717, 1.165) is 9.13 Å². The van der Waals surface area contributed by atoms with Crippen molar-refractivity contribution < 1.29 is 0 Å². The number of aryl methyl sites for hydroxylation is 1. The SMILES string of the molecule is Cn1c(=O)c2c(=O)c(Cl)c(N)[nH]c2n(C)c1=O. The number of fused-ring (bicyclic) bond motifs is 1. The van der Waals surface area contributed by atoms with Crippen LogP contribution in [0.2, 0.25) is 5.02 Å². The summed E-state index contributed by atoms with van der Waals surface area (Å²) in [5, 5.41) is -0.443. The maximum Gasteiger partial charge on any atom is 0.332 e. The van der Waals surface area contributed by atoms with Crippen molar-refractivity contribution in [2.24, 2.45) is 14.1 Å². The molecule has 90 valence electrons. The molecule has 0 spiro atoms. The van der Waals surface area contributed by atoms with Crippen molar-refractivity contribution in [2.75, 3.05) is 5.73 Å². The van der Waals surface area contributed by atoms with Crippen molar-refractivity contribution in [3.63, 3.8) is 0 Å². The Kier molecular flexibility index (Phi) is 2.35. The molecular weight excluding hydrogens is 248 g/mol. The highest BCUT2D eigenvalue weighted by Gasteiger charge is 2.15. The number of nitrogens with one attached hydrogen (secondary N) is 1. The molecule has 2 heterocycles. The van der Waals surface area contributed by atoms with Gasteiger partial charge >= 0.3 is 5.69 Å². The summed E-state index contributed by atoms with van der Waals surface area (Å²) in [7, 11) is 2.71. The molecule has 0 unspecified atom stereocenters. The van der Waals surface area contributed by atoms with Gasteiger partial charge in [-0.2, -0.15) is 0 Å². The summed E-state index contributed by atoms with van der Waals surface area (Å²) < 4.78 is 1.97. The first-order valence-corrected chi connectivity index (χ1v) is 5.01. The second kappa shape index (κ2) is 3.49. The topological polar surface area (TPSA) is 103 Å². The van der Waals surface area contributed by atoms with Gasteiger partial charge < -0.3 is 10.7 Å². The molecule has 0 atom stereocenters. The molecule has 0 aliphatic carbocycles. The van der Waals surface area contributed by atoms with Gasteiger partial charge in [-0.25, -0.2) is 4.79 Å². The Morgan fingerprint density at radius 2 is 1.76 bits per heavy atom. The number of H-pyrrole nitrogens is 1. The molecule has 0 aromatic carbocycles. The summed E-state index contributed by atoms with van der Waals surface area (Å²) in [5.41, 5.74) is 3.60. The summed E-state index contributed by atoms with van der Waals surface area (Å²) in [6.45, 7) is 0. The summed E-state index contributed by atoms with van der Waals surface area (Å²) >= 11 is 5.67.